The van der Waals surface area contributed by atoms with Gasteiger partial charge >= 0.3 is 0 Å². The van der Waals surface area contributed by atoms with Gasteiger partial charge in [0.05, 0.1) is 23.6 Å². The summed E-state index contributed by atoms with van der Waals surface area (Å²) < 4.78 is 5.96. The molecule has 2 aromatic heterocycles. The number of anilines is 1. The molecule has 1 saturated heterocycles. The largest absolute Gasteiger partial charge is 0.370 e. The molecule has 1 unspecified atom stereocenters. The molecule has 0 radical (unpaired) electrons. The van der Waals surface area contributed by atoms with E-state index in [1.165, 1.54) is 5.56 Å². The standard InChI is InChI=1S/C19H19N5O/c1-2-14-10-21-18-17(14)19(23-12-22-18)24-6-7-25-16(11-24)15-5-3-4-13(8-15)9-20/h3-5,8,10,12,16H,2,6-7,11H2,1H3,(H,21,22,23). The van der Waals surface area contributed by atoms with Crippen LogP contribution in [0.25, 0.3) is 11.0 Å². The first kappa shape index (κ1) is 15.6. The molecule has 4 rings (SSSR count). The van der Waals surface area contributed by atoms with Gasteiger partial charge in [-0.1, -0.05) is 19.1 Å². The minimum Gasteiger partial charge on any atom is -0.370 e. The van der Waals surface area contributed by atoms with Gasteiger partial charge in [-0.25, -0.2) is 9.97 Å². The third-order valence-corrected chi connectivity index (χ3v) is 4.67. The molecular weight excluding hydrogens is 314 g/mol. The average Bonchev–Trinajstić information content (AvgIpc) is 3.11. The van der Waals surface area contributed by atoms with Crippen molar-refractivity contribution in [2.75, 3.05) is 24.6 Å². The number of nitriles is 1. The number of rotatable bonds is 3. The lowest BCUT2D eigenvalue weighted by Crippen LogP contribution is -2.39. The van der Waals surface area contributed by atoms with Crippen molar-refractivity contribution in [1.82, 2.24) is 15.0 Å². The summed E-state index contributed by atoms with van der Waals surface area (Å²) >= 11 is 0. The van der Waals surface area contributed by atoms with Gasteiger partial charge in [0.25, 0.3) is 0 Å². The molecule has 0 amide bonds. The first-order valence-corrected chi connectivity index (χ1v) is 8.47. The number of hydrogen-bond acceptors (Lipinski definition) is 5. The van der Waals surface area contributed by atoms with E-state index in [0.29, 0.717) is 18.7 Å². The predicted octanol–water partition coefficient (Wildman–Crippen LogP) is 2.97. The maximum absolute atomic E-state index is 9.12. The maximum Gasteiger partial charge on any atom is 0.143 e. The summed E-state index contributed by atoms with van der Waals surface area (Å²) in [5.41, 5.74) is 3.77. The monoisotopic (exact) mass is 333 g/mol. The molecule has 6 heteroatoms. The van der Waals surface area contributed by atoms with Gasteiger partial charge in [0.15, 0.2) is 0 Å². The predicted molar refractivity (Wildman–Crippen MR) is 95.3 cm³/mol. The molecule has 126 valence electrons. The minimum absolute atomic E-state index is 0.0731. The van der Waals surface area contributed by atoms with E-state index in [4.69, 9.17) is 10.00 Å². The lowest BCUT2D eigenvalue weighted by atomic mass is 10.0. The van der Waals surface area contributed by atoms with Gasteiger partial charge in [-0.3, -0.25) is 0 Å². The van der Waals surface area contributed by atoms with Gasteiger partial charge < -0.3 is 14.6 Å². The van der Waals surface area contributed by atoms with Crippen LogP contribution in [0.4, 0.5) is 5.82 Å². The summed E-state index contributed by atoms with van der Waals surface area (Å²) in [6, 6.07) is 9.82. The van der Waals surface area contributed by atoms with Crippen molar-refractivity contribution in [3.8, 4) is 6.07 Å². The van der Waals surface area contributed by atoms with Crippen LogP contribution in [-0.4, -0.2) is 34.6 Å². The number of morpholine rings is 1. The number of nitrogens with zero attached hydrogens (tertiary/aromatic N) is 4. The molecule has 3 aromatic rings. The summed E-state index contributed by atoms with van der Waals surface area (Å²) in [7, 11) is 0. The zero-order chi connectivity index (χ0) is 17.2. The van der Waals surface area contributed by atoms with Crippen LogP contribution in [0.2, 0.25) is 0 Å². The van der Waals surface area contributed by atoms with Crippen LogP contribution in [0, 0.1) is 11.3 Å². The first-order valence-electron chi connectivity index (χ1n) is 8.47. The second-order valence-corrected chi connectivity index (χ2v) is 6.13. The number of fused-ring (bicyclic) bond motifs is 1. The average molecular weight is 333 g/mol. The van der Waals surface area contributed by atoms with Gasteiger partial charge in [0, 0.05) is 19.3 Å². The number of benzene rings is 1. The fourth-order valence-corrected chi connectivity index (χ4v) is 3.38. The van der Waals surface area contributed by atoms with Crippen molar-refractivity contribution >= 4 is 16.9 Å². The van der Waals surface area contributed by atoms with Gasteiger partial charge in [-0.2, -0.15) is 5.26 Å². The Hall–Kier alpha value is -2.91. The Kier molecular flexibility index (Phi) is 4.08. The molecule has 1 aliphatic rings. The second-order valence-electron chi connectivity index (χ2n) is 6.13. The molecule has 6 nitrogen and oxygen atoms in total. The zero-order valence-corrected chi connectivity index (χ0v) is 14.1. The highest BCUT2D eigenvalue weighted by Gasteiger charge is 2.25. The third kappa shape index (κ3) is 2.83. The number of H-pyrrole nitrogens is 1. The minimum atomic E-state index is -0.0731. The van der Waals surface area contributed by atoms with Crippen molar-refractivity contribution < 1.29 is 4.74 Å². The van der Waals surface area contributed by atoms with E-state index in [1.54, 1.807) is 6.33 Å². The smallest absolute Gasteiger partial charge is 0.143 e. The zero-order valence-electron chi connectivity index (χ0n) is 14.1. The highest BCUT2D eigenvalue weighted by atomic mass is 16.5. The molecule has 1 atom stereocenters. The Labute approximate surface area is 146 Å². The normalized spacial score (nSPS) is 17.6. The lowest BCUT2D eigenvalue weighted by molar-refractivity contribution is 0.0396. The molecule has 0 saturated carbocycles. The molecule has 0 aliphatic carbocycles. The van der Waals surface area contributed by atoms with Crippen molar-refractivity contribution in [3.63, 3.8) is 0 Å². The number of aromatic amines is 1. The summed E-state index contributed by atoms with van der Waals surface area (Å²) in [4.78, 5) is 14.4. The number of nitrogens with one attached hydrogen (secondary N) is 1. The fourth-order valence-electron chi connectivity index (χ4n) is 3.38. The Balaban J connectivity index is 1.68. The van der Waals surface area contributed by atoms with Crippen molar-refractivity contribution in [3.05, 3.63) is 53.5 Å². The highest BCUT2D eigenvalue weighted by molar-refractivity contribution is 5.90. The SMILES string of the molecule is CCc1c[nH]c2ncnc(N3CCOC(c4cccc(C#N)c4)C3)c12. The third-order valence-electron chi connectivity index (χ3n) is 4.67. The first-order chi connectivity index (χ1) is 12.3. The summed E-state index contributed by atoms with van der Waals surface area (Å²) in [5.74, 6) is 0.952. The Bertz CT molecular complexity index is 942. The van der Waals surface area contributed by atoms with Crippen LogP contribution in [-0.2, 0) is 11.2 Å². The van der Waals surface area contributed by atoms with Crippen LogP contribution < -0.4 is 4.90 Å². The van der Waals surface area contributed by atoms with Crippen LogP contribution in [0.1, 0.15) is 29.7 Å². The van der Waals surface area contributed by atoms with E-state index < -0.39 is 0 Å². The van der Waals surface area contributed by atoms with Crippen molar-refractivity contribution in [2.45, 2.75) is 19.4 Å². The number of hydrogen-bond donors (Lipinski definition) is 1. The van der Waals surface area contributed by atoms with E-state index in [-0.39, 0.29) is 6.10 Å². The van der Waals surface area contributed by atoms with Crippen molar-refractivity contribution in [1.29, 1.82) is 5.26 Å². The topological polar surface area (TPSA) is 77.8 Å². The summed E-state index contributed by atoms with van der Waals surface area (Å²) in [6.07, 6.45) is 4.47. The molecule has 1 aromatic carbocycles. The van der Waals surface area contributed by atoms with Gasteiger partial charge in [-0.15, -0.1) is 0 Å². The van der Waals surface area contributed by atoms with Crippen LogP contribution in [0.3, 0.4) is 0 Å². The molecule has 0 bridgehead atoms. The number of aromatic nitrogens is 3. The van der Waals surface area contributed by atoms with Crippen LogP contribution in [0.5, 0.6) is 0 Å². The van der Waals surface area contributed by atoms with Gasteiger partial charge in [-0.05, 0) is 29.7 Å². The van der Waals surface area contributed by atoms with E-state index in [9.17, 15) is 0 Å². The van der Waals surface area contributed by atoms with Crippen LogP contribution >= 0.6 is 0 Å². The molecule has 1 N–H and O–H groups in total. The van der Waals surface area contributed by atoms with Gasteiger partial charge in [0.1, 0.15) is 23.9 Å². The maximum atomic E-state index is 9.12. The van der Waals surface area contributed by atoms with E-state index in [0.717, 1.165) is 35.4 Å². The van der Waals surface area contributed by atoms with E-state index in [1.807, 2.05) is 30.5 Å². The summed E-state index contributed by atoms with van der Waals surface area (Å²) in [6.45, 7) is 4.25. The fraction of sp³-hybridized carbons (Fsp3) is 0.316. The Morgan fingerprint density at radius 2 is 2.32 bits per heavy atom. The molecule has 1 fully saturated rings. The quantitative estimate of drug-likeness (QED) is 0.797. The molecule has 3 heterocycles. The number of ether oxygens (including phenoxy) is 1. The van der Waals surface area contributed by atoms with E-state index >= 15 is 0 Å². The molecule has 0 spiro atoms. The van der Waals surface area contributed by atoms with Crippen LogP contribution in [0.15, 0.2) is 36.8 Å². The molecule has 25 heavy (non-hydrogen) atoms. The van der Waals surface area contributed by atoms with Crippen molar-refractivity contribution in [2.24, 2.45) is 0 Å². The summed E-state index contributed by atoms with van der Waals surface area (Å²) in [5, 5.41) is 10.2. The Morgan fingerprint density at radius 1 is 1.40 bits per heavy atom. The molecular formula is C19H19N5O. The second kappa shape index (κ2) is 6.54. The molecule has 1 aliphatic heterocycles. The van der Waals surface area contributed by atoms with Gasteiger partial charge in [0.2, 0.25) is 0 Å². The highest BCUT2D eigenvalue weighted by Crippen LogP contribution is 2.31. The Morgan fingerprint density at radius 3 is 3.16 bits per heavy atom. The number of aryl methyl sites for hydroxylation is 1. The lowest BCUT2D eigenvalue weighted by Gasteiger charge is -2.34. The van der Waals surface area contributed by atoms with E-state index in [2.05, 4.69) is 32.8 Å².